The molecule has 0 radical (unpaired) electrons. The molecule has 1 N–H and O–H groups in total. The molecule has 4 fully saturated rings. The molecule has 0 saturated heterocycles. The Labute approximate surface area is 269 Å². The average Bonchev–Trinajstić information content (AvgIpc) is 3.05. The van der Waals surface area contributed by atoms with Crippen molar-refractivity contribution in [1.29, 1.82) is 0 Å². The first-order valence-electron chi connectivity index (χ1n) is 16.9. The fraction of sp³-hybridized carbons (Fsp3) is 0.474. The molecule has 0 heterocycles. The van der Waals surface area contributed by atoms with Crippen molar-refractivity contribution in [3.8, 4) is 5.75 Å². The molecule has 3 unspecified atom stereocenters. The zero-order valence-electron chi connectivity index (χ0n) is 25.7. The van der Waals surface area contributed by atoms with E-state index in [4.69, 9.17) is 9.47 Å². The molecule has 46 heavy (non-hydrogen) atoms. The van der Waals surface area contributed by atoms with E-state index in [9.17, 15) is 22.6 Å². The second-order valence-corrected chi connectivity index (χ2v) is 16.3. The van der Waals surface area contributed by atoms with Crippen LogP contribution in [-0.4, -0.2) is 31.0 Å². The Balaban J connectivity index is 0.953. The van der Waals surface area contributed by atoms with Gasteiger partial charge in [0.15, 0.2) is 0 Å². The average molecular weight is 639 g/mol. The van der Waals surface area contributed by atoms with Crippen molar-refractivity contribution >= 4 is 22.1 Å². The summed E-state index contributed by atoms with van der Waals surface area (Å²) in [5, 5.41) is 0. The summed E-state index contributed by atoms with van der Waals surface area (Å²) in [5.41, 5.74) is 5.83. The maximum Gasteiger partial charge on any atom is 0.317 e. The predicted octanol–water partition coefficient (Wildman–Crippen LogP) is 6.75. The molecular weight excluding hydrogens is 600 g/mol. The SMILES string of the molecule is O=C(OC1C2CC3CC1CC(C(=O)Oc1ccc(S(=O)(=O)O)c4c1CCCC4)(C3)C2)C1CC2c3ccccc3C1c1ccccc12. The second kappa shape index (κ2) is 10.3. The Morgan fingerprint density at radius 2 is 1.37 bits per heavy atom. The summed E-state index contributed by atoms with van der Waals surface area (Å²) in [4.78, 5) is 28.1. The van der Waals surface area contributed by atoms with E-state index in [2.05, 4.69) is 48.5 Å². The van der Waals surface area contributed by atoms with Crippen LogP contribution >= 0.6 is 0 Å². The molecule has 238 valence electrons. The Morgan fingerprint density at radius 1 is 0.761 bits per heavy atom. The van der Waals surface area contributed by atoms with Crippen molar-refractivity contribution in [3.05, 3.63) is 94.0 Å². The molecule has 0 amide bonds. The van der Waals surface area contributed by atoms with E-state index in [1.165, 1.54) is 34.4 Å². The van der Waals surface area contributed by atoms with Crippen LogP contribution in [0.4, 0.5) is 0 Å². The molecule has 8 aliphatic rings. The number of ether oxygens (including phenoxy) is 2. The van der Waals surface area contributed by atoms with Gasteiger partial charge in [-0.15, -0.1) is 0 Å². The number of carbonyl (C=O) groups excluding carboxylic acids is 2. The number of carbonyl (C=O) groups is 2. The highest BCUT2D eigenvalue weighted by atomic mass is 32.2. The first-order valence-corrected chi connectivity index (χ1v) is 18.4. The van der Waals surface area contributed by atoms with Gasteiger partial charge in [0.1, 0.15) is 11.9 Å². The van der Waals surface area contributed by atoms with Gasteiger partial charge in [0.05, 0.1) is 16.2 Å². The third-order valence-electron chi connectivity index (χ3n) is 12.4. The summed E-state index contributed by atoms with van der Waals surface area (Å²) in [5.74, 6) is 0.699. The van der Waals surface area contributed by atoms with Crippen molar-refractivity contribution in [2.45, 2.75) is 87.0 Å². The summed E-state index contributed by atoms with van der Waals surface area (Å²) < 4.78 is 46.6. The van der Waals surface area contributed by atoms with Gasteiger partial charge >= 0.3 is 11.9 Å². The lowest BCUT2D eigenvalue weighted by molar-refractivity contribution is -0.194. The topological polar surface area (TPSA) is 107 Å². The van der Waals surface area contributed by atoms with Crippen molar-refractivity contribution < 1.29 is 32.0 Å². The number of hydrogen-bond donors (Lipinski definition) is 1. The van der Waals surface area contributed by atoms with Gasteiger partial charge in [-0.3, -0.25) is 14.1 Å². The maximum atomic E-state index is 14.1. The predicted molar refractivity (Wildman–Crippen MR) is 169 cm³/mol. The fourth-order valence-electron chi connectivity index (χ4n) is 10.9. The van der Waals surface area contributed by atoms with E-state index in [0.29, 0.717) is 42.9 Å². The Morgan fingerprint density at radius 3 is 2.00 bits per heavy atom. The van der Waals surface area contributed by atoms with Crippen LogP contribution in [0, 0.1) is 29.1 Å². The third-order valence-corrected chi connectivity index (χ3v) is 13.3. The van der Waals surface area contributed by atoms with E-state index in [-0.39, 0.29) is 52.5 Å². The molecular formula is C38H38O7S. The zero-order chi connectivity index (χ0) is 31.4. The molecule has 3 aromatic rings. The zero-order valence-corrected chi connectivity index (χ0v) is 26.5. The van der Waals surface area contributed by atoms with Gasteiger partial charge in [0.2, 0.25) is 0 Å². The van der Waals surface area contributed by atoms with Crippen molar-refractivity contribution in [1.82, 2.24) is 0 Å². The van der Waals surface area contributed by atoms with Gasteiger partial charge in [-0.25, -0.2) is 0 Å². The largest absolute Gasteiger partial charge is 0.462 e. The lowest BCUT2D eigenvalue weighted by Crippen LogP contribution is -2.58. The van der Waals surface area contributed by atoms with E-state index < -0.39 is 15.5 Å². The standard InChI is InChI=1S/C38H38O7S/c39-36(31-17-30-24-7-1-5-11-28(24)34(31)29-12-6-2-8-25(29)30)45-35-22-15-21-16-23(35)20-38(18-21,19-22)37(40)44-32-13-14-33(46(41,42)43)27-10-4-3-9-26(27)32/h1-2,5-8,11-14,21-23,30-31,34-35H,3-4,9-10,15-20H2,(H,41,42,43). The lowest BCUT2D eigenvalue weighted by atomic mass is 9.48. The number of rotatable bonds is 5. The van der Waals surface area contributed by atoms with Crippen molar-refractivity contribution in [2.75, 3.05) is 0 Å². The monoisotopic (exact) mass is 638 g/mol. The van der Waals surface area contributed by atoms with Gasteiger partial charge in [0.25, 0.3) is 10.1 Å². The molecule has 3 atom stereocenters. The third kappa shape index (κ3) is 4.28. The van der Waals surface area contributed by atoms with Gasteiger partial charge in [-0.2, -0.15) is 8.42 Å². The van der Waals surface area contributed by atoms with Gasteiger partial charge in [-0.1, -0.05) is 48.5 Å². The number of benzene rings is 3. The van der Waals surface area contributed by atoms with Crippen LogP contribution in [0.1, 0.15) is 96.6 Å². The van der Waals surface area contributed by atoms with Crippen LogP contribution in [0.15, 0.2) is 65.6 Å². The smallest absolute Gasteiger partial charge is 0.317 e. The highest BCUT2D eigenvalue weighted by Gasteiger charge is 2.61. The van der Waals surface area contributed by atoms with Crippen LogP contribution in [0.5, 0.6) is 5.75 Å². The summed E-state index contributed by atoms with van der Waals surface area (Å²) in [7, 11) is -4.37. The molecule has 11 rings (SSSR count). The molecule has 8 heteroatoms. The van der Waals surface area contributed by atoms with Gasteiger partial charge < -0.3 is 9.47 Å². The Hall–Kier alpha value is -3.49. The Bertz CT molecular complexity index is 1830. The molecule has 6 bridgehead atoms. The van der Waals surface area contributed by atoms with Gasteiger partial charge in [-0.05, 0) is 127 Å². The van der Waals surface area contributed by atoms with E-state index in [1.54, 1.807) is 0 Å². The number of hydrogen-bond acceptors (Lipinski definition) is 6. The maximum absolute atomic E-state index is 14.1. The Kier molecular flexibility index (Phi) is 6.40. The summed E-state index contributed by atoms with van der Waals surface area (Å²) in [6.07, 6.45) is 7.41. The van der Waals surface area contributed by atoms with E-state index >= 15 is 0 Å². The molecule has 4 saturated carbocycles. The molecule has 8 aliphatic carbocycles. The van der Waals surface area contributed by atoms with E-state index in [1.807, 2.05) is 0 Å². The van der Waals surface area contributed by atoms with Crippen LogP contribution in [0.3, 0.4) is 0 Å². The van der Waals surface area contributed by atoms with Crippen LogP contribution in [0.25, 0.3) is 0 Å². The van der Waals surface area contributed by atoms with Crippen LogP contribution in [0.2, 0.25) is 0 Å². The van der Waals surface area contributed by atoms with Crippen molar-refractivity contribution in [2.24, 2.45) is 29.1 Å². The number of esters is 2. The fourth-order valence-corrected chi connectivity index (χ4v) is 11.6. The summed E-state index contributed by atoms with van der Waals surface area (Å²) in [6, 6.07) is 20.0. The molecule has 0 aliphatic heterocycles. The molecule has 0 spiro atoms. The molecule has 0 aromatic heterocycles. The minimum absolute atomic E-state index is 0.00110. The lowest BCUT2D eigenvalue weighted by Gasteiger charge is -2.58. The highest BCUT2D eigenvalue weighted by molar-refractivity contribution is 7.85. The summed E-state index contributed by atoms with van der Waals surface area (Å²) in [6.45, 7) is 0. The molecule has 3 aromatic carbocycles. The summed E-state index contributed by atoms with van der Waals surface area (Å²) >= 11 is 0. The minimum Gasteiger partial charge on any atom is -0.462 e. The number of fused-ring (bicyclic) bond motifs is 2. The van der Waals surface area contributed by atoms with Crippen LogP contribution in [-0.2, 0) is 37.3 Å². The normalized spacial score (nSPS) is 33.1. The minimum atomic E-state index is -4.37. The van der Waals surface area contributed by atoms with Gasteiger partial charge in [0, 0.05) is 11.8 Å². The van der Waals surface area contributed by atoms with E-state index in [0.717, 1.165) is 44.1 Å². The first-order chi connectivity index (χ1) is 22.2. The highest BCUT2D eigenvalue weighted by Crippen LogP contribution is 2.62. The molecule has 7 nitrogen and oxygen atoms in total. The second-order valence-electron chi connectivity index (χ2n) is 14.9. The van der Waals surface area contributed by atoms with Crippen LogP contribution < -0.4 is 4.74 Å². The van der Waals surface area contributed by atoms with Crippen molar-refractivity contribution in [3.63, 3.8) is 0 Å². The quantitative estimate of drug-likeness (QED) is 0.187. The first kappa shape index (κ1) is 28.7.